The summed E-state index contributed by atoms with van der Waals surface area (Å²) in [7, 11) is 1.89. The fourth-order valence-electron chi connectivity index (χ4n) is 1.97. The summed E-state index contributed by atoms with van der Waals surface area (Å²) >= 11 is 3.47. The molecule has 0 heterocycles. The van der Waals surface area contributed by atoms with Gasteiger partial charge < -0.3 is 10.1 Å². The minimum atomic E-state index is -0.243. The van der Waals surface area contributed by atoms with E-state index >= 15 is 0 Å². The van der Waals surface area contributed by atoms with Crippen molar-refractivity contribution in [1.29, 1.82) is 0 Å². The maximum atomic E-state index is 13.4. The van der Waals surface area contributed by atoms with Crippen LogP contribution in [0.4, 0.5) is 4.39 Å². The highest BCUT2D eigenvalue weighted by Crippen LogP contribution is 2.30. The summed E-state index contributed by atoms with van der Waals surface area (Å²) in [6, 6.07) is 14.2. The summed E-state index contributed by atoms with van der Waals surface area (Å²) in [6.45, 7) is 0.797. The van der Waals surface area contributed by atoms with E-state index in [0.29, 0.717) is 0 Å². The molecular weight excluding hydrogens is 321 g/mol. The number of nitrogens with one attached hydrogen (secondary N) is 1. The molecule has 4 heteroatoms. The second kappa shape index (κ2) is 7.41. The predicted molar refractivity (Wildman–Crippen MR) is 82.5 cm³/mol. The summed E-state index contributed by atoms with van der Waals surface area (Å²) in [5.74, 6) is 0.519. The third kappa shape index (κ3) is 4.05. The van der Waals surface area contributed by atoms with E-state index in [2.05, 4.69) is 21.2 Å². The van der Waals surface area contributed by atoms with Gasteiger partial charge in [0.25, 0.3) is 0 Å². The molecule has 0 aliphatic carbocycles. The standard InChI is InChI=1S/C16H17BrFNO/c1-19-10-9-15(12-5-4-6-13(18)11-12)20-16-8-3-2-7-14(16)17/h2-8,11,15,19H,9-10H2,1H3. The number of para-hydroxylation sites is 1. The molecule has 0 radical (unpaired) electrons. The van der Waals surface area contributed by atoms with Crippen molar-refractivity contribution < 1.29 is 9.13 Å². The number of halogens is 2. The molecule has 0 bridgehead atoms. The van der Waals surface area contributed by atoms with Gasteiger partial charge in [-0.25, -0.2) is 4.39 Å². The van der Waals surface area contributed by atoms with E-state index in [9.17, 15) is 4.39 Å². The lowest BCUT2D eigenvalue weighted by Gasteiger charge is -2.20. The average molecular weight is 338 g/mol. The lowest BCUT2D eigenvalue weighted by atomic mass is 10.1. The van der Waals surface area contributed by atoms with Crippen molar-refractivity contribution in [2.24, 2.45) is 0 Å². The molecule has 0 aliphatic rings. The maximum absolute atomic E-state index is 13.4. The van der Waals surface area contributed by atoms with Crippen molar-refractivity contribution in [2.75, 3.05) is 13.6 Å². The van der Waals surface area contributed by atoms with Crippen LogP contribution in [-0.2, 0) is 0 Å². The van der Waals surface area contributed by atoms with Crippen molar-refractivity contribution in [3.8, 4) is 5.75 Å². The van der Waals surface area contributed by atoms with Crippen LogP contribution in [0.25, 0.3) is 0 Å². The Kier molecular flexibility index (Phi) is 5.56. The summed E-state index contributed by atoms with van der Waals surface area (Å²) in [4.78, 5) is 0. The third-order valence-electron chi connectivity index (χ3n) is 2.98. The van der Waals surface area contributed by atoms with Gasteiger partial charge in [0, 0.05) is 6.42 Å². The van der Waals surface area contributed by atoms with Crippen LogP contribution in [0, 0.1) is 5.82 Å². The van der Waals surface area contributed by atoms with Gasteiger partial charge in [0.15, 0.2) is 0 Å². The Labute approximate surface area is 127 Å². The zero-order valence-electron chi connectivity index (χ0n) is 11.3. The van der Waals surface area contributed by atoms with Crippen LogP contribution >= 0.6 is 15.9 Å². The van der Waals surface area contributed by atoms with Crippen LogP contribution in [0.1, 0.15) is 18.1 Å². The Morgan fingerprint density at radius 3 is 2.70 bits per heavy atom. The molecule has 2 nitrogen and oxygen atoms in total. The number of hydrogen-bond donors (Lipinski definition) is 1. The largest absolute Gasteiger partial charge is 0.485 e. The van der Waals surface area contributed by atoms with Crippen molar-refractivity contribution in [3.63, 3.8) is 0 Å². The van der Waals surface area contributed by atoms with Gasteiger partial charge in [0.2, 0.25) is 0 Å². The summed E-state index contributed by atoms with van der Waals surface area (Å²) in [5, 5.41) is 3.10. The number of benzene rings is 2. The molecule has 106 valence electrons. The molecule has 0 fully saturated rings. The van der Waals surface area contributed by atoms with E-state index < -0.39 is 0 Å². The first kappa shape index (κ1) is 15.0. The highest BCUT2D eigenvalue weighted by atomic mass is 79.9. The monoisotopic (exact) mass is 337 g/mol. The quantitative estimate of drug-likeness (QED) is 0.847. The topological polar surface area (TPSA) is 21.3 Å². The van der Waals surface area contributed by atoms with Gasteiger partial charge in [-0.05, 0) is 59.4 Å². The van der Waals surface area contributed by atoms with E-state index in [1.807, 2.05) is 37.4 Å². The molecule has 1 N–H and O–H groups in total. The lowest BCUT2D eigenvalue weighted by molar-refractivity contribution is 0.193. The molecule has 2 rings (SSSR count). The van der Waals surface area contributed by atoms with E-state index in [1.54, 1.807) is 6.07 Å². The molecule has 2 aromatic rings. The van der Waals surface area contributed by atoms with E-state index in [4.69, 9.17) is 4.74 Å². The van der Waals surface area contributed by atoms with Gasteiger partial charge in [-0.1, -0.05) is 24.3 Å². The predicted octanol–water partition coefficient (Wildman–Crippen LogP) is 4.32. The third-order valence-corrected chi connectivity index (χ3v) is 3.64. The zero-order valence-corrected chi connectivity index (χ0v) is 12.9. The van der Waals surface area contributed by atoms with Crippen LogP contribution < -0.4 is 10.1 Å². The number of ether oxygens (including phenoxy) is 1. The summed E-state index contributed by atoms with van der Waals surface area (Å²) in [6.07, 6.45) is 0.582. The van der Waals surface area contributed by atoms with Gasteiger partial charge >= 0.3 is 0 Å². The summed E-state index contributed by atoms with van der Waals surface area (Å²) < 4.78 is 20.3. The Hall–Kier alpha value is -1.39. The van der Waals surface area contributed by atoms with Crippen LogP contribution in [0.5, 0.6) is 5.75 Å². The second-order valence-electron chi connectivity index (χ2n) is 4.48. The lowest BCUT2D eigenvalue weighted by Crippen LogP contribution is -2.16. The number of hydrogen-bond acceptors (Lipinski definition) is 2. The Balaban J connectivity index is 2.21. The van der Waals surface area contributed by atoms with Crippen LogP contribution in [0.15, 0.2) is 53.0 Å². The molecule has 0 saturated carbocycles. The maximum Gasteiger partial charge on any atom is 0.134 e. The first-order valence-corrected chi connectivity index (χ1v) is 7.31. The van der Waals surface area contributed by atoms with Gasteiger partial charge in [-0.15, -0.1) is 0 Å². The normalized spacial score (nSPS) is 12.2. The average Bonchev–Trinajstić information content (AvgIpc) is 2.45. The van der Waals surface area contributed by atoms with Crippen LogP contribution in [0.3, 0.4) is 0 Å². The molecule has 2 aromatic carbocycles. The van der Waals surface area contributed by atoms with E-state index in [1.165, 1.54) is 12.1 Å². The highest BCUT2D eigenvalue weighted by molar-refractivity contribution is 9.10. The molecule has 0 amide bonds. The Morgan fingerprint density at radius 2 is 2.00 bits per heavy atom. The van der Waals surface area contributed by atoms with Crippen LogP contribution in [0.2, 0.25) is 0 Å². The van der Waals surface area contributed by atoms with E-state index in [0.717, 1.165) is 28.8 Å². The van der Waals surface area contributed by atoms with Crippen molar-refractivity contribution in [2.45, 2.75) is 12.5 Å². The second-order valence-corrected chi connectivity index (χ2v) is 5.34. The molecule has 0 spiro atoms. The highest BCUT2D eigenvalue weighted by Gasteiger charge is 2.15. The molecule has 1 atom stereocenters. The zero-order chi connectivity index (χ0) is 14.4. The smallest absolute Gasteiger partial charge is 0.134 e. The fourth-order valence-corrected chi connectivity index (χ4v) is 2.35. The minimum absolute atomic E-state index is 0.183. The summed E-state index contributed by atoms with van der Waals surface area (Å²) in [5.41, 5.74) is 0.844. The van der Waals surface area contributed by atoms with Crippen molar-refractivity contribution in [1.82, 2.24) is 5.32 Å². The van der Waals surface area contributed by atoms with Gasteiger partial charge in [0.1, 0.15) is 17.7 Å². The molecular formula is C16H17BrFNO. The van der Waals surface area contributed by atoms with Crippen molar-refractivity contribution in [3.05, 3.63) is 64.4 Å². The van der Waals surface area contributed by atoms with Gasteiger partial charge in [-0.3, -0.25) is 0 Å². The fraction of sp³-hybridized carbons (Fsp3) is 0.250. The van der Waals surface area contributed by atoms with Gasteiger partial charge in [-0.2, -0.15) is 0 Å². The molecule has 1 unspecified atom stereocenters. The Morgan fingerprint density at radius 1 is 1.20 bits per heavy atom. The molecule has 0 aromatic heterocycles. The molecule has 0 aliphatic heterocycles. The minimum Gasteiger partial charge on any atom is -0.485 e. The first-order valence-electron chi connectivity index (χ1n) is 6.52. The number of rotatable bonds is 6. The molecule has 0 saturated heterocycles. The Bertz CT molecular complexity index is 562. The van der Waals surface area contributed by atoms with Crippen LogP contribution in [-0.4, -0.2) is 13.6 Å². The van der Waals surface area contributed by atoms with E-state index in [-0.39, 0.29) is 11.9 Å². The molecule has 20 heavy (non-hydrogen) atoms. The SMILES string of the molecule is CNCCC(Oc1ccccc1Br)c1cccc(F)c1. The van der Waals surface area contributed by atoms with Gasteiger partial charge in [0.05, 0.1) is 4.47 Å². The van der Waals surface area contributed by atoms with Crippen molar-refractivity contribution >= 4 is 15.9 Å². The first-order chi connectivity index (χ1) is 9.70.